The van der Waals surface area contributed by atoms with Gasteiger partial charge in [0.1, 0.15) is 0 Å². The number of urea groups is 1. The van der Waals surface area contributed by atoms with E-state index in [9.17, 15) is 13.2 Å². The molecule has 0 radical (unpaired) electrons. The molecule has 4 rings (SSSR count). The monoisotopic (exact) mass is 433 g/mol. The number of carbonyl (C=O) groups is 1. The van der Waals surface area contributed by atoms with E-state index in [1.165, 1.54) is 22.3 Å². The van der Waals surface area contributed by atoms with Gasteiger partial charge in [0.15, 0.2) is 0 Å². The number of hydrogen-bond donors (Lipinski definition) is 2. The number of benzene rings is 1. The van der Waals surface area contributed by atoms with Gasteiger partial charge in [-0.2, -0.15) is 0 Å². The highest BCUT2D eigenvalue weighted by atomic mass is 32.2. The van der Waals surface area contributed by atoms with Gasteiger partial charge < -0.3 is 5.32 Å². The van der Waals surface area contributed by atoms with Gasteiger partial charge in [-0.05, 0) is 101 Å². The van der Waals surface area contributed by atoms with E-state index in [1.54, 1.807) is 0 Å². The van der Waals surface area contributed by atoms with Crippen LogP contribution in [0.4, 0.5) is 10.5 Å². The van der Waals surface area contributed by atoms with Gasteiger partial charge in [-0.1, -0.05) is 6.07 Å². The third kappa shape index (κ3) is 4.11. The van der Waals surface area contributed by atoms with Crippen molar-refractivity contribution in [2.45, 2.75) is 96.7 Å². The lowest BCUT2D eigenvalue weighted by atomic mass is 9.99. The number of nitrogens with one attached hydrogen (secondary N) is 2. The SMILES string of the molecule is CC(C)N(C(C)C)C1(CS(=O)(=O)NC(=O)Nc2c3c(cc4c2CCC4)CCC3)CC1. The molecule has 1 saturated carbocycles. The van der Waals surface area contributed by atoms with Gasteiger partial charge in [-0.25, -0.2) is 17.9 Å². The van der Waals surface area contributed by atoms with Gasteiger partial charge >= 0.3 is 6.03 Å². The van der Waals surface area contributed by atoms with E-state index in [0.717, 1.165) is 57.1 Å². The molecule has 3 aliphatic rings. The molecular weight excluding hydrogens is 398 g/mol. The van der Waals surface area contributed by atoms with Gasteiger partial charge in [0, 0.05) is 23.3 Å². The Morgan fingerprint density at radius 1 is 1.00 bits per heavy atom. The Labute approximate surface area is 180 Å². The van der Waals surface area contributed by atoms with E-state index in [0.29, 0.717) is 0 Å². The number of amides is 2. The highest BCUT2D eigenvalue weighted by Crippen LogP contribution is 2.45. The summed E-state index contributed by atoms with van der Waals surface area (Å²) in [4.78, 5) is 15.0. The van der Waals surface area contributed by atoms with Crippen LogP contribution in [-0.4, -0.2) is 42.7 Å². The highest BCUT2D eigenvalue weighted by molar-refractivity contribution is 7.90. The second-order valence-electron chi connectivity index (χ2n) is 9.87. The molecule has 1 aromatic carbocycles. The average Bonchev–Trinajstić information content (AvgIpc) is 3.05. The molecule has 3 aliphatic carbocycles. The lowest BCUT2D eigenvalue weighted by Crippen LogP contribution is -2.52. The number of carbonyl (C=O) groups excluding carboxylic acids is 1. The normalized spacial score (nSPS) is 19.3. The maximum absolute atomic E-state index is 12.9. The number of nitrogens with zero attached hydrogens (tertiary/aromatic N) is 1. The van der Waals surface area contributed by atoms with E-state index in [4.69, 9.17) is 0 Å². The van der Waals surface area contributed by atoms with Crippen LogP contribution >= 0.6 is 0 Å². The summed E-state index contributed by atoms with van der Waals surface area (Å²) in [6.45, 7) is 8.40. The van der Waals surface area contributed by atoms with Gasteiger partial charge in [-0.3, -0.25) is 4.90 Å². The molecule has 0 aliphatic heterocycles. The fourth-order valence-electron chi connectivity index (χ4n) is 5.95. The van der Waals surface area contributed by atoms with Gasteiger partial charge in [0.05, 0.1) is 5.75 Å². The maximum atomic E-state index is 12.9. The fourth-order valence-corrected chi connectivity index (χ4v) is 7.50. The number of anilines is 1. The predicted molar refractivity (Wildman–Crippen MR) is 121 cm³/mol. The van der Waals surface area contributed by atoms with E-state index < -0.39 is 16.1 Å². The minimum absolute atomic E-state index is 0.0330. The Morgan fingerprint density at radius 3 is 2.00 bits per heavy atom. The Hall–Kier alpha value is -1.60. The first-order valence-electron chi connectivity index (χ1n) is 11.4. The second kappa shape index (κ2) is 7.83. The minimum atomic E-state index is -3.74. The molecule has 0 unspecified atom stereocenters. The molecule has 1 fully saturated rings. The third-order valence-corrected chi connectivity index (χ3v) is 8.32. The molecule has 30 heavy (non-hydrogen) atoms. The first kappa shape index (κ1) is 21.6. The molecule has 1 aromatic rings. The zero-order chi connectivity index (χ0) is 21.7. The number of rotatable bonds is 7. The molecule has 0 saturated heterocycles. The van der Waals surface area contributed by atoms with Crippen molar-refractivity contribution in [1.82, 2.24) is 9.62 Å². The van der Waals surface area contributed by atoms with Gasteiger partial charge in [0.25, 0.3) is 0 Å². The molecular formula is C23H35N3O3S. The van der Waals surface area contributed by atoms with Crippen LogP contribution in [0.3, 0.4) is 0 Å². The lowest BCUT2D eigenvalue weighted by Gasteiger charge is -2.38. The quantitative estimate of drug-likeness (QED) is 0.686. The van der Waals surface area contributed by atoms with Crippen LogP contribution in [0.15, 0.2) is 6.07 Å². The summed E-state index contributed by atoms with van der Waals surface area (Å²) < 4.78 is 28.1. The molecule has 0 atom stereocenters. The topological polar surface area (TPSA) is 78.5 Å². The Bertz CT molecular complexity index is 909. The largest absolute Gasteiger partial charge is 0.332 e. The Kier molecular flexibility index (Phi) is 5.64. The van der Waals surface area contributed by atoms with Crippen molar-refractivity contribution < 1.29 is 13.2 Å². The second-order valence-corrected chi connectivity index (χ2v) is 11.6. The summed E-state index contributed by atoms with van der Waals surface area (Å²) in [6, 6.07) is 2.19. The first-order chi connectivity index (χ1) is 14.1. The molecule has 2 amide bonds. The van der Waals surface area contributed by atoms with Crippen LogP contribution in [0.5, 0.6) is 0 Å². The highest BCUT2D eigenvalue weighted by Gasteiger charge is 2.52. The fraction of sp³-hybridized carbons (Fsp3) is 0.696. The minimum Gasteiger partial charge on any atom is -0.307 e. The predicted octanol–water partition coefficient (Wildman–Crippen LogP) is 3.77. The zero-order valence-electron chi connectivity index (χ0n) is 18.7. The zero-order valence-corrected chi connectivity index (χ0v) is 19.5. The van der Waals surface area contributed by atoms with Crippen molar-refractivity contribution in [3.05, 3.63) is 28.3 Å². The van der Waals surface area contributed by atoms with Crippen LogP contribution in [-0.2, 0) is 35.7 Å². The van der Waals surface area contributed by atoms with E-state index in [2.05, 4.69) is 48.7 Å². The number of hydrogen-bond acceptors (Lipinski definition) is 4. The third-order valence-electron chi connectivity index (χ3n) is 6.91. The van der Waals surface area contributed by atoms with Crippen LogP contribution in [0.25, 0.3) is 0 Å². The molecule has 0 spiro atoms. The summed E-state index contributed by atoms with van der Waals surface area (Å²) in [5, 5.41) is 2.94. The van der Waals surface area contributed by atoms with E-state index in [1.807, 2.05) is 0 Å². The van der Waals surface area contributed by atoms with Crippen molar-refractivity contribution in [3.8, 4) is 0 Å². The van der Waals surface area contributed by atoms with Crippen molar-refractivity contribution >= 4 is 21.7 Å². The molecule has 0 bridgehead atoms. The van der Waals surface area contributed by atoms with Crippen molar-refractivity contribution in [2.24, 2.45) is 0 Å². The molecule has 6 nitrogen and oxygen atoms in total. The van der Waals surface area contributed by atoms with Crippen molar-refractivity contribution in [1.29, 1.82) is 0 Å². The van der Waals surface area contributed by atoms with E-state index >= 15 is 0 Å². The van der Waals surface area contributed by atoms with Crippen LogP contribution in [0.2, 0.25) is 0 Å². The van der Waals surface area contributed by atoms with Crippen LogP contribution in [0, 0.1) is 0 Å². The summed E-state index contributed by atoms with van der Waals surface area (Å²) >= 11 is 0. The van der Waals surface area contributed by atoms with Gasteiger partial charge in [0.2, 0.25) is 10.0 Å². The summed E-state index contributed by atoms with van der Waals surface area (Å²) in [5.41, 5.74) is 5.55. The summed E-state index contributed by atoms with van der Waals surface area (Å²) in [6.07, 6.45) is 7.87. The van der Waals surface area contributed by atoms with Gasteiger partial charge in [-0.15, -0.1) is 0 Å². The molecule has 0 aromatic heterocycles. The number of sulfonamides is 1. The van der Waals surface area contributed by atoms with E-state index in [-0.39, 0.29) is 23.4 Å². The molecule has 166 valence electrons. The summed E-state index contributed by atoms with van der Waals surface area (Å²) in [5.74, 6) is -0.0330. The molecule has 0 heterocycles. The first-order valence-corrected chi connectivity index (χ1v) is 13.0. The molecule has 2 N–H and O–H groups in total. The standard InChI is InChI=1S/C23H35N3O3S/c1-15(2)26(16(3)4)23(11-12-23)14-30(28,29)25-22(27)24-21-19-9-5-7-17(19)13-18-8-6-10-20(18)21/h13,15-16H,5-12,14H2,1-4H3,(H2,24,25,27). The number of fused-ring (bicyclic) bond motifs is 2. The Balaban J connectivity index is 1.49. The maximum Gasteiger partial charge on any atom is 0.332 e. The summed E-state index contributed by atoms with van der Waals surface area (Å²) in [7, 11) is -3.74. The van der Waals surface area contributed by atoms with Crippen molar-refractivity contribution in [2.75, 3.05) is 11.1 Å². The average molecular weight is 434 g/mol. The number of aryl methyl sites for hydroxylation is 2. The van der Waals surface area contributed by atoms with Crippen LogP contribution < -0.4 is 10.0 Å². The molecule has 7 heteroatoms. The smallest absolute Gasteiger partial charge is 0.307 e. The lowest BCUT2D eigenvalue weighted by molar-refractivity contribution is 0.108. The van der Waals surface area contributed by atoms with Crippen molar-refractivity contribution in [3.63, 3.8) is 0 Å². The van der Waals surface area contributed by atoms with Crippen LogP contribution in [0.1, 0.15) is 75.6 Å². The Morgan fingerprint density at radius 2 is 1.53 bits per heavy atom.